The van der Waals surface area contributed by atoms with E-state index in [-0.39, 0.29) is 17.7 Å². The number of ether oxygens (including phenoxy) is 1. The zero-order chi connectivity index (χ0) is 19.9. The number of nitrogens with one attached hydrogen (secondary N) is 1. The predicted molar refractivity (Wildman–Crippen MR) is 94.2 cm³/mol. The fourth-order valence-electron chi connectivity index (χ4n) is 3.64. The summed E-state index contributed by atoms with van der Waals surface area (Å²) in [5.74, 6) is 0.346. The molecular formula is C18H18F3N5O2. The van der Waals surface area contributed by atoms with Gasteiger partial charge in [-0.05, 0) is 25.8 Å². The van der Waals surface area contributed by atoms with Crippen molar-refractivity contribution >= 4 is 0 Å². The van der Waals surface area contributed by atoms with Gasteiger partial charge in [-0.25, -0.2) is 4.98 Å². The summed E-state index contributed by atoms with van der Waals surface area (Å²) < 4.78 is 47.4. The predicted octanol–water partition coefficient (Wildman–Crippen LogP) is 3.67. The normalized spacial score (nSPS) is 15.4. The summed E-state index contributed by atoms with van der Waals surface area (Å²) in [5.41, 5.74) is -2.20. The second kappa shape index (κ2) is 6.92. The molecule has 1 aromatic rings. The number of pyridine rings is 1. The summed E-state index contributed by atoms with van der Waals surface area (Å²) >= 11 is 0. The van der Waals surface area contributed by atoms with Gasteiger partial charge >= 0.3 is 6.18 Å². The zero-order valence-electron chi connectivity index (χ0n) is 15.1. The van der Waals surface area contributed by atoms with E-state index in [1.54, 1.807) is 13.0 Å². The maximum absolute atomic E-state index is 13.5. The average Bonchev–Trinajstić information content (AvgIpc) is 3.29. The highest BCUT2D eigenvalue weighted by Gasteiger charge is 2.41. The molecule has 148 valence electrons. The Morgan fingerprint density at radius 2 is 2.04 bits per heavy atom. The third-order valence-electron chi connectivity index (χ3n) is 4.87. The van der Waals surface area contributed by atoms with Crippen LogP contribution < -0.4 is 10.3 Å². The molecule has 0 aromatic carbocycles. The van der Waals surface area contributed by atoms with Gasteiger partial charge in [-0.1, -0.05) is 12.8 Å². The molecule has 0 radical (unpaired) electrons. The highest BCUT2D eigenvalue weighted by atomic mass is 19.4. The first-order valence-electron chi connectivity index (χ1n) is 9.06. The first-order chi connectivity index (χ1) is 13.4. The molecule has 0 unspecified atom stereocenters. The maximum atomic E-state index is 13.5. The molecule has 1 fully saturated rings. The number of alkyl halides is 3. The lowest BCUT2D eigenvalue weighted by molar-refractivity contribution is -0.141. The standard InChI is InChI=1S/C18H18F3N5O2/c1-2-28-12-9-22-8-7-11(12)15-23-16-13(17(27)24-15)14(18(19,20)21)25-26(16)10-5-3-4-6-10/h7-10,25H,2-6H2,1H3. The molecule has 1 N–H and O–H groups in total. The number of aromatic nitrogens is 5. The van der Waals surface area contributed by atoms with E-state index in [9.17, 15) is 18.0 Å². The monoisotopic (exact) mass is 393 g/mol. The number of nitrogens with zero attached hydrogens (tertiary/aromatic N) is 4. The third kappa shape index (κ3) is 3.12. The smallest absolute Gasteiger partial charge is 0.433 e. The minimum atomic E-state index is -4.71. The van der Waals surface area contributed by atoms with Gasteiger partial charge in [0.15, 0.2) is 17.3 Å². The number of fused-ring (bicyclic) bond motifs is 1. The van der Waals surface area contributed by atoms with Gasteiger partial charge in [-0.3, -0.25) is 19.6 Å². The van der Waals surface area contributed by atoms with Crippen molar-refractivity contribution in [1.82, 2.24) is 24.7 Å². The van der Waals surface area contributed by atoms with E-state index < -0.39 is 23.0 Å². The molecule has 1 aliphatic carbocycles. The minimum absolute atomic E-state index is 0.0165. The lowest BCUT2D eigenvalue weighted by atomic mass is 10.1. The van der Waals surface area contributed by atoms with Crippen molar-refractivity contribution < 1.29 is 17.9 Å². The Morgan fingerprint density at radius 3 is 2.71 bits per heavy atom. The summed E-state index contributed by atoms with van der Waals surface area (Å²) in [6.45, 7) is 2.14. The van der Waals surface area contributed by atoms with E-state index in [4.69, 9.17) is 4.74 Å². The Hall–Kier alpha value is -2.91. The van der Waals surface area contributed by atoms with E-state index in [2.05, 4.69) is 20.1 Å². The molecule has 3 heterocycles. The molecule has 2 aliphatic heterocycles. The van der Waals surface area contributed by atoms with Crippen LogP contribution in [0.1, 0.15) is 44.3 Å². The second-order valence-electron chi connectivity index (χ2n) is 6.65. The Bertz CT molecular complexity index is 1020. The average molecular weight is 393 g/mol. The van der Waals surface area contributed by atoms with Crippen LogP contribution in [-0.4, -0.2) is 31.3 Å². The lowest BCUT2D eigenvalue weighted by Crippen LogP contribution is -2.18. The van der Waals surface area contributed by atoms with Gasteiger partial charge in [0.05, 0.1) is 24.4 Å². The van der Waals surface area contributed by atoms with Gasteiger partial charge in [0, 0.05) is 6.20 Å². The van der Waals surface area contributed by atoms with Gasteiger partial charge in [-0.15, -0.1) is 0 Å². The zero-order valence-corrected chi connectivity index (χ0v) is 15.1. The van der Waals surface area contributed by atoms with Crippen molar-refractivity contribution in [2.24, 2.45) is 0 Å². The van der Waals surface area contributed by atoms with Crippen LogP contribution >= 0.6 is 0 Å². The van der Waals surface area contributed by atoms with Gasteiger partial charge in [0.2, 0.25) is 0 Å². The van der Waals surface area contributed by atoms with Crippen LogP contribution in [0.3, 0.4) is 0 Å². The fourth-order valence-corrected chi connectivity index (χ4v) is 3.64. The molecule has 0 saturated heterocycles. The highest BCUT2D eigenvalue weighted by molar-refractivity contribution is 5.68. The Kier molecular flexibility index (Phi) is 4.56. The quantitative estimate of drug-likeness (QED) is 0.731. The lowest BCUT2D eigenvalue weighted by Gasteiger charge is -2.14. The van der Waals surface area contributed by atoms with Crippen LogP contribution in [-0.2, 0) is 6.18 Å². The number of aromatic amines is 1. The molecule has 0 bridgehead atoms. The van der Waals surface area contributed by atoms with Crippen LogP contribution in [0.15, 0.2) is 23.3 Å². The van der Waals surface area contributed by atoms with Crippen molar-refractivity contribution in [2.45, 2.75) is 44.8 Å². The van der Waals surface area contributed by atoms with Crippen LogP contribution in [0.2, 0.25) is 0 Å². The number of rotatable bonds is 4. The van der Waals surface area contributed by atoms with Crippen molar-refractivity contribution in [3.63, 3.8) is 0 Å². The van der Waals surface area contributed by atoms with Crippen molar-refractivity contribution in [3.8, 4) is 28.5 Å². The molecule has 10 heteroatoms. The van der Waals surface area contributed by atoms with E-state index in [0.717, 1.165) is 25.7 Å². The second-order valence-corrected chi connectivity index (χ2v) is 6.65. The number of hydrogen-bond donors (Lipinski definition) is 1. The van der Waals surface area contributed by atoms with E-state index in [1.165, 1.54) is 17.1 Å². The molecule has 4 rings (SSSR count). The van der Waals surface area contributed by atoms with Gasteiger partial charge in [0.25, 0.3) is 5.56 Å². The van der Waals surface area contributed by atoms with Crippen LogP contribution in [0.4, 0.5) is 13.2 Å². The molecule has 1 aromatic heterocycles. The molecule has 0 atom stereocenters. The number of halogens is 3. The molecule has 1 saturated carbocycles. The summed E-state index contributed by atoms with van der Waals surface area (Å²) in [5, 5.41) is 2.38. The summed E-state index contributed by atoms with van der Waals surface area (Å²) in [6, 6.07) is 1.41. The molecule has 3 aliphatic rings. The van der Waals surface area contributed by atoms with E-state index >= 15 is 0 Å². The Labute approximate surface area is 157 Å². The number of hydrogen-bond acceptors (Lipinski definition) is 5. The first-order valence-corrected chi connectivity index (χ1v) is 9.06. The Balaban J connectivity index is 1.96. The summed E-state index contributed by atoms with van der Waals surface area (Å²) in [6.07, 6.45) is 1.52. The van der Waals surface area contributed by atoms with E-state index in [1.807, 2.05) is 0 Å². The Morgan fingerprint density at radius 1 is 1.29 bits per heavy atom. The fraction of sp³-hybridized carbons (Fsp3) is 0.444. The number of H-pyrrole nitrogens is 1. The topological polar surface area (TPSA) is 85.7 Å². The van der Waals surface area contributed by atoms with Gasteiger partial charge < -0.3 is 4.74 Å². The molecule has 0 amide bonds. The van der Waals surface area contributed by atoms with Crippen molar-refractivity contribution in [1.29, 1.82) is 0 Å². The third-order valence-corrected chi connectivity index (χ3v) is 4.87. The van der Waals surface area contributed by atoms with Gasteiger partial charge in [0.1, 0.15) is 11.3 Å². The van der Waals surface area contributed by atoms with Crippen molar-refractivity contribution in [3.05, 3.63) is 34.5 Å². The largest absolute Gasteiger partial charge is 0.491 e. The molecule has 7 nitrogen and oxygen atoms in total. The first kappa shape index (κ1) is 18.5. The summed E-state index contributed by atoms with van der Waals surface area (Å²) in [4.78, 5) is 24.7. The molecule has 0 spiro atoms. The maximum Gasteiger partial charge on any atom is 0.433 e. The van der Waals surface area contributed by atoms with Crippen LogP contribution in [0.25, 0.3) is 22.8 Å². The van der Waals surface area contributed by atoms with E-state index in [0.29, 0.717) is 17.9 Å². The molecule has 28 heavy (non-hydrogen) atoms. The van der Waals surface area contributed by atoms with Crippen LogP contribution in [0.5, 0.6) is 5.75 Å². The SMILES string of the molecule is CCOc1cnccc1-c1nc2n(C3CCCC3)[nH]c(C(F)(F)F)c-2c(=O)n1. The highest BCUT2D eigenvalue weighted by Crippen LogP contribution is 2.40. The van der Waals surface area contributed by atoms with Gasteiger partial charge in [-0.2, -0.15) is 18.2 Å². The molecular weight excluding hydrogens is 375 g/mol. The van der Waals surface area contributed by atoms with Crippen LogP contribution in [0, 0.1) is 0 Å². The minimum Gasteiger partial charge on any atom is -0.491 e. The summed E-state index contributed by atoms with van der Waals surface area (Å²) in [7, 11) is 0. The van der Waals surface area contributed by atoms with Crippen molar-refractivity contribution in [2.75, 3.05) is 6.61 Å².